The van der Waals surface area contributed by atoms with E-state index in [-0.39, 0.29) is 18.6 Å². The zero-order valence-electron chi connectivity index (χ0n) is 12.4. The van der Waals surface area contributed by atoms with Crippen molar-refractivity contribution in [2.45, 2.75) is 6.04 Å². The van der Waals surface area contributed by atoms with Gasteiger partial charge in [-0.3, -0.25) is 9.69 Å². The molecule has 6 nitrogen and oxygen atoms in total. The summed E-state index contributed by atoms with van der Waals surface area (Å²) >= 11 is 0. The van der Waals surface area contributed by atoms with E-state index >= 15 is 0 Å². The van der Waals surface area contributed by atoms with Crippen LogP contribution in [0.2, 0.25) is 0 Å². The van der Waals surface area contributed by atoms with Gasteiger partial charge in [0.2, 0.25) is 0 Å². The number of hydrogen-bond donors (Lipinski definition) is 0. The number of piperazine rings is 1. The molecule has 1 unspecified atom stereocenters. The van der Waals surface area contributed by atoms with Crippen molar-refractivity contribution in [3.8, 4) is 11.8 Å². The number of carbonyl (C=O) groups is 1. The minimum Gasteiger partial charge on any atom is -0.482 e. The molecule has 1 atom stereocenters. The van der Waals surface area contributed by atoms with Crippen LogP contribution in [0.5, 0.6) is 5.75 Å². The summed E-state index contributed by atoms with van der Waals surface area (Å²) in [6, 6.07) is 9.30. The molecule has 0 aliphatic carbocycles. The van der Waals surface area contributed by atoms with Gasteiger partial charge in [0.25, 0.3) is 5.91 Å². The van der Waals surface area contributed by atoms with E-state index in [0.29, 0.717) is 24.5 Å². The number of morpholine rings is 1. The number of nitrogens with zero attached hydrogens (tertiary/aromatic N) is 3. The predicted molar refractivity (Wildman–Crippen MR) is 79.4 cm³/mol. The lowest BCUT2D eigenvalue weighted by Gasteiger charge is -2.43. The highest BCUT2D eigenvalue weighted by Gasteiger charge is 2.31. The summed E-state index contributed by atoms with van der Waals surface area (Å²) in [6.07, 6.45) is 0. The summed E-state index contributed by atoms with van der Waals surface area (Å²) in [5.74, 6) is 0.413. The van der Waals surface area contributed by atoms with Gasteiger partial charge in [-0.2, -0.15) is 5.26 Å². The monoisotopic (exact) mass is 301 g/mol. The molecule has 6 heteroatoms. The molecule has 2 aliphatic rings. The van der Waals surface area contributed by atoms with E-state index in [2.05, 4.69) is 11.0 Å². The maximum absolute atomic E-state index is 12.3. The van der Waals surface area contributed by atoms with Gasteiger partial charge < -0.3 is 14.4 Å². The largest absolute Gasteiger partial charge is 0.482 e. The molecule has 2 aliphatic heterocycles. The Morgan fingerprint density at radius 3 is 3.09 bits per heavy atom. The van der Waals surface area contributed by atoms with Crippen molar-refractivity contribution in [3.05, 3.63) is 29.8 Å². The van der Waals surface area contributed by atoms with Crippen LogP contribution in [-0.2, 0) is 9.53 Å². The van der Waals surface area contributed by atoms with Crippen LogP contribution < -0.4 is 4.74 Å². The van der Waals surface area contributed by atoms with E-state index in [9.17, 15) is 4.79 Å². The van der Waals surface area contributed by atoms with Crippen LogP contribution >= 0.6 is 0 Å². The van der Waals surface area contributed by atoms with Crippen LogP contribution in [0.1, 0.15) is 5.56 Å². The average molecular weight is 301 g/mol. The van der Waals surface area contributed by atoms with Gasteiger partial charge in [-0.15, -0.1) is 0 Å². The Kier molecular flexibility index (Phi) is 4.56. The molecule has 2 heterocycles. The minimum atomic E-state index is -0.0435. The van der Waals surface area contributed by atoms with Crippen molar-refractivity contribution in [1.29, 1.82) is 5.26 Å². The van der Waals surface area contributed by atoms with Crippen LogP contribution in [0.25, 0.3) is 0 Å². The Morgan fingerprint density at radius 2 is 2.23 bits per heavy atom. The van der Waals surface area contributed by atoms with Gasteiger partial charge in [0.05, 0.1) is 24.8 Å². The second kappa shape index (κ2) is 6.77. The Hall–Kier alpha value is -2.10. The van der Waals surface area contributed by atoms with E-state index in [1.54, 1.807) is 24.3 Å². The second-order valence-electron chi connectivity index (χ2n) is 5.50. The Labute approximate surface area is 129 Å². The summed E-state index contributed by atoms with van der Waals surface area (Å²) in [5.41, 5.74) is 0.445. The molecule has 1 amide bonds. The van der Waals surface area contributed by atoms with E-state index in [1.807, 2.05) is 4.90 Å². The highest BCUT2D eigenvalue weighted by molar-refractivity contribution is 5.78. The third kappa shape index (κ3) is 3.21. The van der Waals surface area contributed by atoms with Crippen molar-refractivity contribution in [1.82, 2.24) is 9.80 Å². The van der Waals surface area contributed by atoms with Crippen molar-refractivity contribution >= 4 is 5.91 Å². The summed E-state index contributed by atoms with van der Waals surface area (Å²) < 4.78 is 11.0. The average Bonchev–Trinajstić information content (AvgIpc) is 2.59. The van der Waals surface area contributed by atoms with Crippen LogP contribution in [-0.4, -0.2) is 67.7 Å². The predicted octanol–water partition coefficient (Wildman–Crippen LogP) is 0.480. The molecule has 0 spiro atoms. The van der Waals surface area contributed by atoms with Crippen molar-refractivity contribution < 1.29 is 14.3 Å². The van der Waals surface area contributed by atoms with E-state index in [4.69, 9.17) is 14.7 Å². The normalized spacial score (nSPS) is 21.8. The Balaban J connectivity index is 1.55. The quantitative estimate of drug-likeness (QED) is 0.812. The molecule has 116 valence electrons. The number of rotatable bonds is 3. The molecule has 1 aromatic rings. The summed E-state index contributed by atoms with van der Waals surface area (Å²) in [6.45, 7) is 4.65. The number of ether oxygens (including phenoxy) is 2. The maximum atomic E-state index is 12.3. The van der Waals surface area contributed by atoms with Crippen molar-refractivity contribution in [2.24, 2.45) is 0 Å². The third-order valence-corrected chi connectivity index (χ3v) is 4.15. The fraction of sp³-hybridized carbons (Fsp3) is 0.500. The smallest absolute Gasteiger partial charge is 0.260 e. The number of fused-ring (bicyclic) bond motifs is 1. The first-order chi connectivity index (χ1) is 10.8. The fourth-order valence-electron chi connectivity index (χ4n) is 2.89. The van der Waals surface area contributed by atoms with E-state index in [1.165, 1.54) is 0 Å². The molecule has 2 saturated heterocycles. The summed E-state index contributed by atoms with van der Waals surface area (Å²) in [4.78, 5) is 16.5. The van der Waals surface area contributed by atoms with Gasteiger partial charge in [-0.05, 0) is 12.1 Å². The molecule has 0 saturated carbocycles. The first kappa shape index (κ1) is 14.8. The highest BCUT2D eigenvalue weighted by atomic mass is 16.5. The third-order valence-electron chi connectivity index (χ3n) is 4.15. The molecule has 0 aromatic heterocycles. The SMILES string of the molecule is N#Cc1ccccc1OCC(=O)N1CCN2CCOCC2C1. The first-order valence-corrected chi connectivity index (χ1v) is 7.49. The number of para-hydroxylation sites is 1. The molecular weight excluding hydrogens is 282 g/mol. The van der Waals surface area contributed by atoms with E-state index in [0.717, 1.165) is 26.2 Å². The lowest BCUT2D eigenvalue weighted by atomic mass is 10.1. The van der Waals surface area contributed by atoms with Gasteiger partial charge in [-0.25, -0.2) is 0 Å². The zero-order chi connectivity index (χ0) is 15.4. The highest BCUT2D eigenvalue weighted by Crippen LogP contribution is 2.17. The van der Waals surface area contributed by atoms with Crippen LogP contribution in [0, 0.1) is 11.3 Å². The van der Waals surface area contributed by atoms with Gasteiger partial charge >= 0.3 is 0 Å². The number of benzene rings is 1. The van der Waals surface area contributed by atoms with Crippen molar-refractivity contribution in [2.75, 3.05) is 46.0 Å². The van der Waals surface area contributed by atoms with E-state index < -0.39 is 0 Å². The summed E-state index contributed by atoms with van der Waals surface area (Å²) in [7, 11) is 0. The Bertz CT molecular complexity index is 584. The molecule has 0 bridgehead atoms. The van der Waals surface area contributed by atoms with Crippen molar-refractivity contribution in [3.63, 3.8) is 0 Å². The van der Waals surface area contributed by atoms with Crippen LogP contribution in [0.3, 0.4) is 0 Å². The molecule has 2 fully saturated rings. The standard InChI is InChI=1S/C16H19N3O3/c17-9-13-3-1-2-4-15(13)22-12-16(20)19-6-5-18-7-8-21-11-14(18)10-19/h1-4,14H,5-8,10-12H2. The summed E-state index contributed by atoms with van der Waals surface area (Å²) in [5, 5.41) is 9.02. The number of hydrogen-bond acceptors (Lipinski definition) is 5. The molecule has 0 radical (unpaired) electrons. The number of amides is 1. The molecule has 0 N–H and O–H groups in total. The second-order valence-corrected chi connectivity index (χ2v) is 5.50. The number of nitriles is 1. The Morgan fingerprint density at radius 1 is 1.36 bits per heavy atom. The van der Waals surface area contributed by atoms with Crippen LogP contribution in [0.15, 0.2) is 24.3 Å². The fourth-order valence-corrected chi connectivity index (χ4v) is 2.89. The molecular formula is C16H19N3O3. The zero-order valence-corrected chi connectivity index (χ0v) is 12.4. The topological polar surface area (TPSA) is 65.8 Å². The van der Waals surface area contributed by atoms with Gasteiger partial charge in [0, 0.05) is 26.2 Å². The lowest BCUT2D eigenvalue weighted by molar-refractivity contribution is -0.139. The van der Waals surface area contributed by atoms with Gasteiger partial charge in [0.1, 0.15) is 11.8 Å². The number of carbonyl (C=O) groups excluding carboxylic acids is 1. The molecule has 3 rings (SSSR count). The lowest BCUT2D eigenvalue weighted by Crippen LogP contribution is -2.59. The molecule has 1 aromatic carbocycles. The molecule has 22 heavy (non-hydrogen) atoms. The van der Waals surface area contributed by atoms with Gasteiger partial charge in [0.15, 0.2) is 6.61 Å². The first-order valence-electron chi connectivity index (χ1n) is 7.49. The minimum absolute atomic E-state index is 0.0354. The van der Waals surface area contributed by atoms with Crippen LogP contribution in [0.4, 0.5) is 0 Å². The van der Waals surface area contributed by atoms with Gasteiger partial charge in [-0.1, -0.05) is 12.1 Å². The maximum Gasteiger partial charge on any atom is 0.260 e.